The lowest BCUT2D eigenvalue weighted by Crippen LogP contribution is -2.44. The average Bonchev–Trinajstić information content (AvgIpc) is 2.73. The van der Waals surface area contributed by atoms with Crippen LogP contribution in [0, 0.1) is 0 Å². The van der Waals surface area contributed by atoms with Crippen molar-refractivity contribution >= 4 is 5.91 Å². The number of ether oxygens (including phenoxy) is 3. The minimum atomic E-state index is -0.240. The second-order valence-corrected chi connectivity index (χ2v) is 7.22. The Hall–Kier alpha value is -2.69. The quantitative estimate of drug-likeness (QED) is 0.768. The molecular weight excluding hydrogens is 354 g/mol. The van der Waals surface area contributed by atoms with Gasteiger partial charge < -0.3 is 19.5 Å². The summed E-state index contributed by atoms with van der Waals surface area (Å²) in [6.45, 7) is 4.28. The minimum absolute atomic E-state index is 0.0185. The van der Waals surface area contributed by atoms with Crippen molar-refractivity contribution < 1.29 is 19.0 Å². The Kier molecular flexibility index (Phi) is 6.12. The molecule has 1 N–H and O–H groups in total. The average molecular weight is 383 g/mol. The topological polar surface area (TPSA) is 56.8 Å². The molecule has 0 unspecified atom stereocenters. The van der Waals surface area contributed by atoms with Crippen molar-refractivity contribution in [1.82, 2.24) is 5.32 Å². The van der Waals surface area contributed by atoms with Crippen LogP contribution in [0.4, 0.5) is 0 Å². The van der Waals surface area contributed by atoms with Crippen LogP contribution in [0.15, 0.2) is 42.5 Å². The first-order valence-corrected chi connectivity index (χ1v) is 9.82. The minimum Gasteiger partial charge on any atom is -0.493 e. The van der Waals surface area contributed by atoms with Gasteiger partial charge in [0.15, 0.2) is 11.5 Å². The number of para-hydroxylation sites is 1. The van der Waals surface area contributed by atoms with Crippen LogP contribution in [0.3, 0.4) is 0 Å². The third-order valence-corrected chi connectivity index (χ3v) is 5.63. The first kappa shape index (κ1) is 20.1. The summed E-state index contributed by atoms with van der Waals surface area (Å²) in [5.41, 5.74) is 1.68. The molecule has 0 bridgehead atoms. The Balaban J connectivity index is 1.77. The third-order valence-electron chi connectivity index (χ3n) is 5.63. The fraction of sp³-hybridized carbons (Fsp3) is 0.435. The number of hydrogen-bond acceptors (Lipinski definition) is 4. The van der Waals surface area contributed by atoms with Gasteiger partial charge in [0.1, 0.15) is 11.4 Å². The molecule has 0 saturated heterocycles. The van der Waals surface area contributed by atoms with Gasteiger partial charge in [-0.2, -0.15) is 0 Å². The summed E-state index contributed by atoms with van der Waals surface area (Å²) < 4.78 is 16.9. The smallest absolute Gasteiger partial charge is 0.224 e. The van der Waals surface area contributed by atoms with Gasteiger partial charge in [-0.25, -0.2) is 0 Å². The number of rotatable bonds is 7. The molecule has 1 aliphatic heterocycles. The molecule has 1 atom stereocenters. The van der Waals surface area contributed by atoms with Crippen molar-refractivity contribution in [2.45, 2.75) is 51.2 Å². The van der Waals surface area contributed by atoms with Crippen LogP contribution in [-0.2, 0) is 11.2 Å². The molecule has 1 amide bonds. The molecule has 0 aromatic heterocycles. The van der Waals surface area contributed by atoms with Crippen molar-refractivity contribution in [2.75, 3.05) is 14.2 Å². The molecule has 3 rings (SSSR count). The molecule has 28 heavy (non-hydrogen) atoms. The van der Waals surface area contributed by atoms with E-state index >= 15 is 0 Å². The van der Waals surface area contributed by atoms with E-state index in [1.807, 2.05) is 42.5 Å². The maximum absolute atomic E-state index is 12.8. The van der Waals surface area contributed by atoms with Crippen LogP contribution in [0.2, 0.25) is 0 Å². The first-order chi connectivity index (χ1) is 13.5. The largest absolute Gasteiger partial charge is 0.493 e. The van der Waals surface area contributed by atoms with E-state index in [2.05, 4.69) is 19.2 Å². The highest BCUT2D eigenvalue weighted by molar-refractivity contribution is 5.79. The number of carbonyl (C=O) groups is 1. The van der Waals surface area contributed by atoms with Crippen LogP contribution < -0.4 is 19.5 Å². The summed E-state index contributed by atoms with van der Waals surface area (Å²) in [7, 11) is 3.19. The van der Waals surface area contributed by atoms with E-state index in [9.17, 15) is 4.79 Å². The zero-order valence-corrected chi connectivity index (χ0v) is 17.1. The number of benzene rings is 2. The standard InChI is InChI=1S/C23H29NO4/c1-5-23(6-2)15-18(17-9-7-8-10-19(17)28-23)24-22(25)14-16-11-12-20(26-3)21(13-16)27-4/h7-13,18H,5-6,14-15H2,1-4H3,(H,24,25)/t18-/m1/s1. The normalized spacial score (nSPS) is 17.2. The molecule has 150 valence electrons. The Morgan fingerprint density at radius 2 is 1.82 bits per heavy atom. The fourth-order valence-electron chi connectivity index (χ4n) is 3.85. The van der Waals surface area contributed by atoms with Crippen LogP contribution in [-0.4, -0.2) is 25.7 Å². The van der Waals surface area contributed by atoms with E-state index < -0.39 is 0 Å². The zero-order chi connectivity index (χ0) is 20.1. The second kappa shape index (κ2) is 8.55. The van der Waals surface area contributed by atoms with E-state index in [0.717, 1.165) is 36.1 Å². The maximum Gasteiger partial charge on any atom is 0.224 e. The first-order valence-electron chi connectivity index (χ1n) is 9.82. The summed E-state index contributed by atoms with van der Waals surface area (Å²) in [5.74, 6) is 2.13. The van der Waals surface area contributed by atoms with E-state index in [1.165, 1.54) is 0 Å². The Labute approximate surface area is 167 Å². The lowest BCUT2D eigenvalue weighted by atomic mass is 9.83. The van der Waals surface area contributed by atoms with Crippen molar-refractivity contribution in [3.63, 3.8) is 0 Å². The lowest BCUT2D eigenvalue weighted by molar-refractivity contribution is -0.121. The number of methoxy groups -OCH3 is 2. The van der Waals surface area contributed by atoms with E-state index in [4.69, 9.17) is 14.2 Å². The van der Waals surface area contributed by atoms with Gasteiger partial charge in [0.25, 0.3) is 0 Å². The third kappa shape index (κ3) is 4.08. The molecule has 0 saturated carbocycles. The molecule has 2 aromatic carbocycles. The molecule has 0 spiro atoms. The molecule has 5 nitrogen and oxygen atoms in total. The van der Waals surface area contributed by atoms with Gasteiger partial charge in [-0.1, -0.05) is 38.1 Å². The molecule has 0 fully saturated rings. The summed E-state index contributed by atoms with van der Waals surface area (Å²) in [4.78, 5) is 12.8. The van der Waals surface area contributed by atoms with Crippen molar-refractivity contribution in [3.05, 3.63) is 53.6 Å². The van der Waals surface area contributed by atoms with E-state index in [-0.39, 0.29) is 24.0 Å². The zero-order valence-electron chi connectivity index (χ0n) is 17.1. The molecule has 2 aromatic rings. The van der Waals surface area contributed by atoms with Gasteiger partial charge in [-0.3, -0.25) is 4.79 Å². The van der Waals surface area contributed by atoms with Gasteiger partial charge in [0.2, 0.25) is 5.91 Å². The second-order valence-electron chi connectivity index (χ2n) is 7.22. The number of nitrogens with one attached hydrogen (secondary N) is 1. The number of amides is 1. The Morgan fingerprint density at radius 3 is 2.50 bits per heavy atom. The van der Waals surface area contributed by atoms with Crippen LogP contribution in [0.1, 0.15) is 50.3 Å². The van der Waals surface area contributed by atoms with Gasteiger partial charge in [0.05, 0.1) is 26.7 Å². The van der Waals surface area contributed by atoms with Crippen LogP contribution in [0.5, 0.6) is 17.2 Å². The Morgan fingerprint density at radius 1 is 1.11 bits per heavy atom. The number of fused-ring (bicyclic) bond motifs is 1. The number of hydrogen-bond donors (Lipinski definition) is 1. The monoisotopic (exact) mass is 383 g/mol. The molecule has 0 aliphatic carbocycles. The van der Waals surface area contributed by atoms with Gasteiger partial charge in [-0.05, 0) is 36.6 Å². The highest BCUT2D eigenvalue weighted by atomic mass is 16.5. The summed E-state index contributed by atoms with van der Waals surface area (Å²) in [6.07, 6.45) is 2.86. The Bertz CT molecular complexity index is 829. The van der Waals surface area contributed by atoms with Gasteiger partial charge >= 0.3 is 0 Å². The van der Waals surface area contributed by atoms with Crippen molar-refractivity contribution in [3.8, 4) is 17.2 Å². The SMILES string of the molecule is CCC1(CC)C[C@@H](NC(=O)Cc2ccc(OC)c(OC)c2)c2ccccc2O1. The molecule has 1 aliphatic rings. The van der Waals surface area contributed by atoms with Gasteiger partial charge in [0, 0.05) is 12.0 Å². The molecular formula is C23H29NO4. The predicted octanol–water partition coefficient (Wildman–Crippen LogP) is 4.45. The van der Waals surface area contributed by atoms with Crippen LogP contribution in [0.25, 0.3) is 0 Å². The van der Waals surface area contributed by atoms with Crippen molar-refractivity contribution in [2.24, 2.45) is 0 Å². The maximum atomic E-state index is 12.8. The summed E-state index contributed by atoms with van der Waals surface area (Å²) in [6, 6.07) is 13.5. The van der Waals surface area contributed by atoms with E-state index in [0.29, 0.717) is 11.5 Å². The summed E-state index contributed by atoms with van der Waals surface area (Å²) >= 11 is 0. The van der Waals surface area contributed by atoms with Gasteiger partial charge in [-0.15, -0.1) is 0 Å². The van der Waals surface area contributed by atoms with Crippen LogP contribution >= 0.6 is 0 Å². The summed E-state index contributed by atoms with van der Waals surface area (Å²) in [5, 5.41) is 3.22. The number of carbonyl (C=O) groups excluding carboxylic acids is 1. The highest BCUT2D eigenvalue weighted by Gasteiger charge is 2.38. The lowest BCUT2D eigenvalue weighted by Gasteiger charge is -2.41. The molecule has 1 heterocycles. The predicted molar refractivity (Wildman–Crippen MR) is 109 cm³/mol. The molecule has 0 radical (unpaired) electrons. The fourth-order valence-corrected chi connectivity index (χ4v) is 3.85. The molecule has 5 heteroatoms. The van der Waals surface area contributed by atoms with Crippen molar-refractivity contribution in [1.29, 1.82) is 0 Å². The highest BCUT2D eigenvalue weighted by Crippen LogP contribution is 2.42. The van der Waals surface area contributed by atoms with E-state index in [1.54, 1.807) is 14.2 Å².